The first-order valence-electron chi connectivity index (χ1n) is 6.98. The van der Waals surface area contributed by atoms with Crippen LogP contribution in [0.4, 0.5) is 4.39 Å². The molecule has 0 radical (unpaired) electrons. The molecular weight excluding hydrogens is 239 g/mol. The van der Waals surface area contributed by atoms with Crippen LogP contribution in [0.5, 0.6) is 0 Å². The summed E-state index contributed by atoms with van der Waals surface area (Å²) in [7, 11) is 1.94. The summed E-state index contributed by atoms with van der Waals surface area (Å²) in [5.74, 6) is -0.130. The van der Waals surface area contributed by atoms with Crippen molar-refractivity contribution in [2.24, 2.45) is 7.05 Å². The van der Waals surface area contributed by atoms with Crippen LogP contribution in [0.15, 0.2) is 18.2 Å². The van der Waals surface area contributed by atoms with Gasteiger partial charge < -0.3 is 9.88 Å². The van der Waals surface area contributed by atoms with Crippen LogP contribution in [-0.4, -0.2) is 17.2 Å². The molecule has 0 unspecified atom stereocenters. The van der Waals surface area contributed by atoms with E-state index in [1.54, 1.807) is 6.07 Å². The molecule has 0 atom stereocenters. The molecule has 0 aliphatic heterocycles. The van der Waals surface area contributed by atoms with Gasteiger partial charge in [-0.1, -0.05) is 26.0 Å². The number of nitrogens with one attached hydrogen (secondary N) is 1. The molecule has 2 aromatic rings. The summed E-state index contributed by atoms with van der Waals surface area (Å²) in [6.07, 6.45) is 2.07. The molecule has 1 heterocycles. The second-order valence-corrected chi connectivity index (χ2v) is 5.47. The molecule has 0 saturated heterocycles. The molecule has 0 fully saturated rings. The number of hydrogen-bond acceptors (Lipinski definition) is 1. The van der Waals surface area contributed by atoms with Crippen molar-refractivity contribution in [3.8, 4) is 0 Å². The summed E-state index contributed by atoms with van der Waals surface area (Å²) >= 11 is 0. The third-order valence-electron chi connectivity index (χ3n) is 3.74. The number of fused-ring (bicyclic) bond motifs is 1. The van der Waals surface area contributed by atoms with Gasteiger partial charge in [0.15, 0.2) is 0 Å². The minimum Gasteiger partial charge on any atom is -0.345 e. The molecule has 0 saturated carbocycles. The van der Waals surface area contributed by atoms with Gasteiger partial charge >= 0.3 is 0 Å². The van der Waals surface area contributed by atoms with Gasteiger partial charge in [-0.3, -0.25) is 0 Å². The Kier molecular flexibility index (Phi) is 4.25. The maximum atomic E-state index is 13.9. The molecule has 3 heteroatoms. The molecule has 0 aliphatic rings. The molecule has 1 N–H and O–H groups in total. The Morgan fingerprint density at radius 2 is 2.05 bits per heavy atom. The van der Waals surface area contributed by atoms with E-state index in [0.717, 1.165) is 30.3 Å². The fourth-order valence-corrected chi connectivity index (χ4v) is 2.64. The van der Waals surface area contributed by atoms with E-state index in [0.29, 0.717) is 6.04 Å². The maximum absolute atomic E-state index is 13.9. The zero-order valence-electron chi connectivity index (χ0n) is 12.3. The zero-order chi connectivity index (χ0) is 14.0. The van der Waals surface area contributed by atoms with E-state index >= 15 is 0 Å². The molecule has 0 aliphatic carbocycles. The van der Waals surface area contributed by atoms with Crippen molar-refractivity contribution in [3.05, 3.63) is 35.3 Å². The Balaban J connectivity index is 2.23. The average molecular weight is 262 g/mol. The minimum atomic E-state index is -0.130. The molecular formula is C16H23FN2. The number of aromatic nitrogens is 1. The number of rotatable bonds is 5. The lowest BCUT2D eigenvalue weighted by atomic mass is 10.1. The van der Waals surface area contributed by atoms with Crippen LogP contribution in [0.25, 0.3) is 10.9 Å². The molecule has 0 bridgehead atoms. The number of para-hydroxylation sites is 1. The number of hydrogen-bond donors (Lipinski definition) is 1. The Bertz CT molecular complexity index is 570. The number of halogens is 1. The van der Waals surface area contributed by atoms with E-state index in [2.05, 4.69) is 26.1 Å². The summed E-state index contributed by atoms with van der Waals surface area (Å²) < 4.78 is 15.9. The van der Waals surface area contributed by atoms with Gasteiger partial charge in [-0.2, -0.15) is 0 Å². The first-order valence-corrected chi connectivity index (χ1v) is 6.98. The molecule has 0 amide bonds. The summed E-state index contributed by atoms with van der Waals surface area (Å²) in [6, 6.07) is 5.88. The number of nitrogens with zero attached hydrogens (tertiary/aromatic N) is 1. The number of aryl methyl sites for hydroxylation is 2. The van der Waals surface area contributed by atoms with Crippen LogP contribution < -0.4 is 5.32 Å². The third-order valence-corrected chi connectivity index (χ3v) is 3.74. The zero-order valence-corrected chi connectivity index (χ0v) is 12.3. The van der Waals surface area contributed by atoms with Gasteiger partial charge in [-0.15, -0.1) is 0 Å². The van der Waals surface area contributed by atoms with E-state index in [9.17, 15) is 4.39 Å². The topological polar surface area (TPSA) is 17.0 Å². The second kappa shape index (κ2) is 5.74. The van der Waals surface area contributed by atoms with E-state index in [1.807, 2.05) is 17.7 Å². The average Bonchev–Trinajstić information content (AvgIpc) is 2.60. The summed E-state index contributed by atoms with van der Waals surface area (Å²) in [5.41, 5.74) is 3.18. The minimum absolute atomic E-state index is 0.130. The Hall–Kier alpha value is -1.35. The van der Waals surface area contributed by atoms with E-state index in [-0.39, 0.29) is 5.82 Å². The van der Waals surface area contributed by atoms with Crippen molar-refractivity contribution in [3.63, 3.8) is 0 Å². The molecule has 104 valence electrons. The predicted octanol–water partition coefficient (Wildman–Crippen LogP) is 3.56. The van der Waals surface area contributed by atoms with Gasteiger partial charge in [-0.25, -0.2) is 4.39 Å². The van der Waals surface area contributed by atoms with E-state index < -0.39 is 0 Å². The Labute approximate surface area is 114 Å². The van der Waals surface area contributed by atoms with Crippen LogP contribution in [-0.2, 0) is 13.5 Å². The summed E-state index contributed by atoms with van der Waals surface area (Å²) in [6.45, 7) is 7.38. The highest BCUT2D eigenvalue weighted by molar-refractivity contribution is 5.86. The Morgan fingerprint density at radius 1 is 1.32 bits per heavy atom. The normalized spacial score (nSPS) is 11.7. The smallest absolute Gasteiger partial charge is 0.147 e. The van der Waals surface area contributed by atoms with Gasteiger partial charge in [0, 0.05) is 24.2 Å². The molecule has 2 rings (SSSR count). The highest BCUT2D eigenvalue weighted by atomic mass is 19.1. The van der Waals surface area contributed by atoms with Crippen LogP contribution in [0.3, 0.4) is 0 Å². The standard InChI is InChI=1S/C16H23FN2/c1-11(2)18-10-6-8-13-12(3)19(4)16-14(13)7-5-9-15(16)17/h5,7,9,11,18H,6,8,10H2,1-4H3. The highest BCUT2D eigenvalue weighted by Gasteiger charge is 2.14. The highest BCUT2D eigenvalue weighted by Crippen LogP contribution is 2.27. The third kappa shape index (κ3) is 2.81. The molecule has 19 heavy (non-hydrogen) atoms. The fourth-order valence-electron chi connectivity index (χ4n) is 2.64. The van der Waals surface area contributed by atoms with Gasteiger partial charge in [0.1, 0.15) is 5.82 Å². The predicted molar refractivity (Wildman–Crippen MR) is 79.1 cm³/mol. The summed E-state index contributed by atoms with van der Waals surface area (Å²) in [5, 5.41) is 4.48. The number of benzene rings is 1. The maximum Gasteiger partial charge on any atom is 0.147 e. The van der Waals surface area contributed by atoms with Gasteiger partial charge in [0.05, 0.1) is 5.52 Å². The monoisotopic (exact) mass is 262 g/mol. The summed E-state index contributed by atoms with van der Waals surface area (Å²) in [4.78, 5) is 0. The van der Waals surface area contributed by atoms with Crippen molar-refractivity contribution >= 4 is 10.9 Å². The van der Waals surface area contributed by atoms with Crippen molar-refractivity contribution in [1.82, 2.24) is 9.88 Å². The van der Waals surface area contributed by atoms with Gasteiger partial charge in [0.25, 0.3) is 0 Å². The lowest BCUT2D eigenvalue weighted by Crippen LogP contribution is -2.23. The van der Waals surface area contributed by atoms with Crippen LogP contribution in [0.2, 0.25) is 0 Å². The van der Waals surface area contributed by atoms with Crippen molar-refractivity contribution in [1.29, 1.82) is 0 Å². The quantitative estimate of drug-likeness (QED) is 0.815. The van der Waals surface area contributed by atoms with Crippen molar-refractivity contribution in [2.75, 3.05) is 6.54 Å². The SMILES string of the molecule is Cc1c(CCCNC(C)C)c2cccc(F)c2n1C. The van der Waals surface area contributed by atoms with Gasteiger partial charge in [-0.05, 0) is 37.9 Å². The fraction of sp³-hybridized carbons (Fsp3) is 0.500. The van der Waals surface area contributed by atoms with Gasteiger partial charge in [0.2, 0.25) is 0 Å². The molecule has 2 nitrogen and oxygen atoms in total. The first-order chi connectivity index (χ1) is 9.02. The van der Waals surface area contributed by atoms with Crippen LogP contribution >= 0.6 is 0 Å². The largest absolute Gasteiger partial charge is 0.345 e. The van der Waals surface area contributed by atoms with Crippen LogP contribution in [0.1, 0.15) is 31.5 Å². The van der Waals surface area contributed by atoms with E-state index in [1.165, 1.54) is 17.3 Å². The molecule has 1 aromatic heterocycles. The van der Waals surface area contributed by atoms with Crippen LogP contribution in [0, 0.1) is 12.7 Å². The lowest BCUT2D eigenvalue weighted by molar-refractivity contribution is 0.570. The first kappa shape index (κ1) is 14.1. The lowest BCUT2D eigenvalue weighted by Gasteiger charge is -2.08. The second-order valence-electron chi connectivity index (χ2n) is 5.47. The van der Waals surface area contributed by atoms with Crippen molar-refractivity contribution in [2.45, 2.75) is 39.7 Å². The Morgan fingerprint density at radius 3 is 2.74 bits per heavy atom. The van der Waals surface area contributed by atoms with E-state index in [4.69, 9.17) is 0 Å². The van der Waals surface area contributed by atoms with Crippen molar-refractivity contribution < 1.29 is 4.39 Å². The molecule has 1 aromatic carbocycles. The molecule has 0 spiro atoms.